The zero-order chi connectivity index (χ0) is 16.3. The molecule has 0 aliphatic rings. The molecule has 1 aromatic rings. The molecule has 7 nitrogen and oxygen atoms in total. The summed E-state index contributed by atoms with van der Waals surface area (Å²) in [6, 6.07) is 2.93. The van der Waals surface area contributed by atoms with Gasteiger partial charge in [0, 0.05) is 38.1 Å². The average molecular weight is 317 g/mol. The molecule has 6 N–H and O–H groups in total. The van der Waals surface area contributed by atoms with E-state index in [0.29, 0.717) is 24.3 Å². The van der Waals surface area contributed by atoms with Crippen molar-refractivity contribution in [3.05, 3.63) is 17.7 Å². The third-order valence-electron chi connectivity index (χ3n) is 3.19. The number of hydrogen-bond donors (Lipinski definition) is 4. The number of rotatable bonds is 7. The van der Waals surface area contributed by atoms with Gasteiger partial charge in [-0.1, -0.05) is 0 Å². The van der Waals surface area contributed by atoms with Gasteiger partial charge in [-0.3, -0.25) is 0 Å². The van der Waals surface area contributed by atoms with Crippen molar-refractivity contribution in [1.29, 1.82) is 0 Å². The number of sulfonamides is 1. The molecule has 1 atom stereocenters. The number of primary sulfonamides is 1. The lowest BCUT2D eigenvalue weighted by molar-refractivity contribution is 0.0357. The Morgan fingerprint density at radius 3 is 2.57 bits per heavy atom. The molecule has 0 aromatic heterocycles. The highest BCUT2D eigenvalue weighted by Crippen LogP contribution is 2.26. The van der Waals surface area contributed by atoms with Gasteiger partial charge in [0.15, 0.2) is 0 Å². The molecule has 21 heavy (non-hydrogen) atoms. The minimum Gasteiger partial charge on any atom is -0.399 e. The number of methoxy groups -OCH3 is 1. The van der Waals surface area contributed by atoms with Crippen molar-refractivity contribution in [3.8, 4) is 0 Å². The van der Waals surface area contributed by atoms with Crippen molar-refractivity contribution in [3.63, 3.8) is 0 Å². The second-order valence-corrected chi connectivity index (χ2v) is 6.86. The molecular formula is C13H23N3O4S. The topological polar surface area (TPSA) is 128 Å². The Kier molecular flexibility index (Phi) is 5.57. The molecule has 1 unspecified atom stereocenters. The molecule has 0 aliphatic carbocycles. The van der Waals surface area contributed by atoms with Gasteiger partial charge in [-0.05, 0) is 31.5 Å². The summed E-state index contributed by atoms with van der Waals surface area (Å²) in [4.78, 5) is -0.0264. The van der Waals surface area contributed by atoms with Crippen LogP contribution in [0.25, 0.3) is 0 Å². The van der Waals surface area contributed by atoms with Crippen molar-refractivity contribution in [1.82, 2.24) is 0 Å². The first kappa shape index (κ1) is 17.7. The van der Waals surface area contributed by atoms with Crippen LogP contribution in [0.15, 0.2) is 17.0 Å². The maximum atomic E-state index is 11.5. The fourth-order valence-corrected chi connectivity index (χ4v) is 2.72. The molecule has 1 aromatic carbocycles. The zero-order valence-corrected chi connectivity index (χ0v) is 13.3. The molecule has 0 spiro atoms. The minimum absolute atomic E-state index is 0.0264. The second-order valence-electron chi connectivity index (χ2n) is 5.33. The monoisotopic (exact) mass is 317 g/mol. The van der Waals surface area contributed by atoms with Crippen LogP contribution in [-0.2, 0) is 14.8 Å². The van der Waals surface area contributed by atoms with Crippen LogP contribution in [0.1, 0.15) is 18.9 Å². The fraction of sp³-hybridized carbons (Fsp3) is 0.538. The van der Waals surface area contributed by atoms with Gasteiger partial charge in [-0.2, -0.15) is 0 Å². The Bertz CT molecular complexity index is 600. The van der Waals surface area contributed by atoms with Gasteiger partial charge in [-0.15, -0.1) is 0 Å². The van der Waals surface area contributed by atoms with Gasteiger partial charge in [0.2, 0.25) is 10.0 Å². The summed E-state index contributed by atoms with van der Waals surface area (Å²) in [7, 11) is -2.29. The molecule has 0 bridgehead atoms. The van der Waals surface area contributed by atoms with Crippen LogP contribution in [0.2, 0.25) is 0 Å². The standard InChI is InChI=1S/C13H23N3O4S/c1-9-11(16-8-13(2,17)4-5-20-3)6-10(14)7-12(9)21(15,18)19/h6-7,16-17H,4-5,8,14H2,1-3H3,(H2,15,18,19). The van der Waals surface area contributed by atoms with Crippen molar-refractivity contribution in [2.24, 2.45) is 5.14 Å². The van der Waals surface area contributed by atoms with Crippen LogP contribution >= 0.6 is 0 Å². The lowest BCUT2D eigenvalue weighted by atomic mass is 10.0. The maximum absolute atomic E-state index is 11.5. The van der Waals surface area contributed by atoms with Crippen LogP contribution in [-0.4, -0.2) is 39.4 Å². The highest BCUT2D eigenvalue weighted by Gasteiger charge is 2.21. The maximum Gasteiger partial charge on any atom is 0.238 e. The van der Waals surface area contributed by atoms with E-state index < -0.39 is 15.6 Å². The number of nitrogens with two attached hydrogens (primary N) is 2. The molecule has 0 radical (unpaired) electrons. The number of aliphatic hydroxyl groups is 1. The van der Waals surface area contributed by atoms with E-state index >= 15 is 0 Å². The van der Waals surface area contributed by atoms with Crippen LogP contribution in [0, 0.1) is 6.92 Å². The molecule has 0 heterocycles. The fourth-order valence-electron chi connectivity index (χ4n) is 1.88. The van der Waals surface area contributed by atoms with Crippen molar-refractivity contribution in [2.45, 2.75) is 30.8 Å². The molecule has 0 saturated heterocycles. The van der Waals surface area contributed by atoms with E-state index in [0.717, 1.165) is 0 Å². The summed E-state index contributed by atoms with van der Waals surface area (Å²) in [5.41, 5.74) is 5.98. The van der Waals surface area contributed by atoms with Gasteiger partial charge < -0.3 is 20.9 Å². The molecular weight excluding hydrogens is 294 g/mol. The normalized spacial score (nSPS) is 14.7. The van der Waals surface area contributed by atoms with Gasteiger partial charge in [-0.25, -0.2) is 13.6 Å². The van der Waals surface area contributed by atoms with Crippen LogP contribution in [0.5, 0.6) is 0 Å². The SMILES string of the molecule is COCCC(C)(O)CNc1cc(N)cc(S(N)(=O)=O)c1C. The second kappa shape index (κ2) is 6.61. The Morgan fingerprint density at radius 2 is 2.05 bits per heavy atom. The molecule has 0 fully saturated rings. The largest absolute Gasteiger partial charge is 0.399 e. The van der Waals surface area contributed by atoms with E-state index in [4.69, 9.17) is 15.6 Å². The Morgan fingerprint density at radius 1 is 1.43 bits per heavy atom. The lowest BCUT2D eigenvalue weighted by Gasteiger charge is -2.25. The summed E-state index contributed by atoms with van der Waals surface area (Å²) < 4.78 is 28.0. The Hall–Kier alpha value is -1.35. The highest BCUT2D eigenvalue weighted by atomic mass is 32.2. The van der Waals surface area contributed by atoms with E-state index in [-0.39, 0.29) is 17.1 Å². The quantitative estimate of drug-likeness (QED) is 0.540. The smallest absolute Gasteiger partial charge is 0.238 e. The minimum atomic E-state index is -3.85. The molecule has 120 valence electrons. The van der Waals surface area contributed by atoms with E-state index in [1.165, 1.54) is 6.07 Å². The van der Waals surface area contributed by atoms with E-state index in [1.807, 2.05) is 0 Å². The van der Waals surface area contributed by atoms with Gasteiger partial charge in [0.05, 0.1) is 10.5 Å². The van der Waals surface area contributed by atoms with E-state index in [2.05, 4.69) is 5.32 Å². The predicted octanol–water partition coefficient (Wildman–Crippen LogP) is 0.424. The molecule has 0 saturated carbocycles. The first-order valence-corrected chi connectivity index (χ1v) is 7.99. The number of benzene rings is 1. The van der Waals surface area contributed by atoms with Gasteiger partial charge in [0.1, 0.15) is 0 Å². The number of hydrogen-bond acceptors (Lipinski definition) is 6. The third-order valence-corrected chi connectivity index (χ3v) is 4.23. The van der Waals surface area contributed by atoms with E-state index in [9.17, 15) is 13.5 Å². The van der Waals surface area contributed by atoms with Crippen LogP contribution in [0.3, 0.4) is 0 Å². The molecule has 0 amide bonds. The summed E-state index contributed by atoms with van der Waals surface area (Å²) in [5, 5.41) is 18.4. The predicted molar refractivity (Wildman–Crippen MR) is 82.6 cm³/mol. The summed E-state index contributed by atoms with van der Waals surface area (Å²) in [6.45, 7) is 3.95. The summed E-state index contributed by atoms with van der Waals surface area (Å²) in [5.74, 6) is 0. The third kappa shape index (κ3) is 5.16. The van der Waals surface area contributed by atoms with Gasteiger partial charge >= 0.3 is 0 Å². The molecule has 1 rings (SSSR count). The summed E-state index contributed by atoms with van der Waals surface area (Å²) >= 11 is 0. The lowest BCUT2D eigenvalue weighted by Crippen LogP contribution is -2.35. The Balaban J connectivity index is 2.97. The number of nitrogens with one attached hydrogen (secondary N) is 1. The van der Waals surface area contributed by atoms with Crippen LogP contribution < -0.4 is 16.2 Å². The highest BCUT2D eigenvalue weighted by molar-refractivity contribution is 7.89. The molecule has 8 heteroatoms. The van der Waals surface area contributed by atoms with Crippen molar-refractivity contribution < 1.29 is 18.3 Å². The summed E-state index contributed by atoms with van der Waals surface area (Å²) in [6.07, 6.45) is 0.444. The van der Waals surface area contributed by atoms with Crippen molar-refractivity contribution >= 4 is 21.4 Å². The first-order valence-electron chi connectivity index (χ1n) is 6.45. The number of anilines is 2. The average Bonchev–Trinajstić information content (AvgIpc) is 2.36. The van der Waals surface area contributed by atoms with E-state index in [1.54, 1.807) is 27.0 Å². The first-order chi connectivity index (χ1) is 9.57. The van der Waals surface area contributed by atoms with Crippen molar-refractivity contribution in [2.75, 3.05) is 31.3 Å². The molecule has 0 aliphatic heterocycles. The number of ether oxygens (including phenoxy) is 1. The number of nitrogen functional groups attached to an aromatic ring is 1. The van der Waals surface area contributed by atoms with Gasteiger partial charge in [0.25, 0.3) is 0 Å². The zero-order valence-electron chi connectivity index (χ0n) is 12.5. The Labute approximate surface area is 125 Å². The van der Waals surface area contributed by atoms with Crippen LogP contribution in [0.4, 0.5) is 11.4 Å².